The highest BCUT2D eigenvalue weighted by atomic mass is 35.5. The normalized spacial score (nSPS) is 20.8. The van der Waals surface area contributed by atoms with Crippen LogP contribution in [0.25, 0.3) is 16.6 Å². The smallest absolute Gasteiger partial charge is 0.419 e. The number of phenolic OH excluding ortho intramolecular Hbond substituents is 1. The van der Waals surface area contributed by atoms with Crippen molar-refractivity contribution in [2.45, 2.75) is 50.4 Å². The predicted octanol–water partition coefficient (Wildman–Crippen LogP) is 6.79. The number of aromatic hydroxyl groups is 1. The minimum absolute atomic E-state index is 0.0142. The first-order valence-corrected chi connectivity index (χ1v) is 12.4. The molecule has 2 unspecified atom stereocenters. The molecule has 1 aromatic heterocycles. The third kappa shape index (κ3) is 4.03. The lowest BCUT2D eigenvalue weighted by atomic mass is 9.63. The standard InChI is InChI=1S/C29H26ClF3N2O3/c1-16-7-9-17(10-8-16)35-22-6-4-5-21(18(22)12-14-23(35)36)34-26-19-11-13-20(30)25(37)24(19)27(2,3)15-28(26,38)29(31,32)33/h4-14,26,34,37-38H,15H2,1-3H3. The van der Waals surface area contributed by atoms with Crippen molar-refractivity contribution in [1.82, 2.24) is 4.57 Å². The van der Waals surface area contributed by atoms with Crippen molar-refractivity contribution in [2.24, 2.45) is 0 Å². The molecule has 2 atom stereocenters. The molecule has 198 valence electrons. The van der Waals surface area contributed by atoms with Gasteiger partial charge in [-0.05, 0) is 60.7 Å². The van der Waals surface area contributed by atoms with Crippen molar-refractivity contribution < 1.29 is 23.4 Å². The maximum Gasteiger partial charge on any atom is 0.419 e. The summed E-state index contributed by atoms with van der Waals surface area (Å²) < 4.78 is 45.2. The molecule has 0 aliphatic heterocycles. The molecule has 1 aliphatic rings. The average molecular weight is 543 g/mol. The largest absolute Gasteiger partial charge is 0.506 e. The van der Waals surface area contributed by atoms with Crippen molar-refractivity contribution in [3.63, 3.8) is 0 Å². The fraction of sp³-hybridized carbons (Fsp3) is 0.276. The molecule has 9 heteroatoms. The van der Waals surface area contributed by atoms with E-state index in [1.54, 1.807) is 36.4 Å². The summed E-state index contributed by atoms with van der Waals surface area (Å²) in [7, 11) is 0. The first-order valence-electron chi connectivity index (χ1n) is 12.0. The van der Waals surface area contributed by atoms with E-state index < -0.39 is 29.7 Å². The molecule has 5 rings (SSSR count). The number of aryl methyl sites for hydroxylation is 1. The van der Waals surface area contributed by atoms with E-state index in [0.717, 1.165) is 5.56 Å². The topological polar surface area (TPSA) is 74.5 Å². The number of phenols is 1. The van der Waals surface area contributed by atoms with E-state index in [1.165, 1.54) is 36.6 Å². The molecule has 0 spiro atoms. The van der Waals surface area contributed by atoms with Gasteiger partial charge in [0.25, 0.3) is 5.56 Å². The Kier molecular flexibility index (Phi) is 6.04. The second-order valence-corrected chi connectivity index (χ2v) is 10.9. The van der Waals surface area contributed by atoms with Gasteiger partial charge in [-0.2, -0.15) is 13.2 Å². The highest BCUT2D eigenvalue weighted by Crippen LogP contribution is 2.57. The number of hydrogen-bond donors (Lipinski definition) is 3. The molecule has 0 bridgehead atoms. The van der Waals surface area contributed by atoms with Gasteiger partial charge in [-0.1, -0.05) is 55.3 Å². The van der Waals surface area contributed by atoms with Crippen molar-refractivity contribution in [1.29, 1.82) is 0 Å². The van der Waals surface area contributed by atoms with Gasteiger partial charge >= 0.3 is 6.18 Å². The summed E-state index contributed by atoms with van der Waals surface area (Å²) in [6.07, 6.45) is -5.70. The van der Waals surface area contributed by atoms with Crippen LogP contribution in [0.3, 0.4) is 0 Å². The van der Waals surface area contributed by atoms with Crippen molar-refractivity contribution in [2.75, 3.05) is 5.32 Å². The van der Waals surface area contributed by atoms with Crippen LogP contribution in [-0.4, -0.2) is 26.6 Å². The zero-order valence-electron chi connectivity index (χ0n) is 20.9. The van der Waals surface area contributed by atoms with Gasteiger partial charge in [-0.3, -0.25) is 9.36 Å². The van der Waals surface area contributed by atoms with Gasteiger partial charge < -0.3 is 15.5 Å². The maximum atomic E-state index is 14.6. The molecular weight excluding hydrogens is 517 g/mol. The monoisotopic (exact) mass is 542 g/mol. The van der Waals surface area contributed by atoms with Crippen molar-refractivity contribution in [3.8, 4) is 11.4 Å². The fourth-order valence-corrected chi connectivity index (χ4v) is 5.79. The number of hydrogen-bond acceptors (Lipinski definition) is 4. The Morgan fingerprint density at radius 1 is 1.03 bits per heavy atom. The zero-order valence-corrected chi connectivity index (χ0v) is 21.7. The fourth-order valence-electron chi connectivity index (χ4n) is 5.63. The number of pyridine rings is 1. The van der Waals surface area contributed by atoms with Crippen LogP contribution in [0.2, 0.25) is 5.02 Å². The SMILES string of the molecule is Cc1ccc(-n2c(=O)ccc3c(NC4c5ccc(Cl)c(O)c5C(C)(C)CC4(O)C(F)(F)F)cccc32)cc1. The number of nitrogens with one attached hydrogen (secondary N) is 1. The number of alkyl halides is 3. The van der Waals surface area contributed by atoms with Crippen LogP contribution in [0.5, 0.6) is 5.75 Å². The van der Waals surface area contributed by atoms with Crippen molar-refractivity contribution in [3.05, 3.63) is 98.8 Å². The molecule has 3 aromatic carbocycles. The predicted molar refractivity (Wildman–Crippen MR) is 142 cm³/mol. The first kappa shape index (κ1) is 26.1. The second-order valence-electron chi connectivity index (χ2n) is 10.5. The number of rotatable bonds is 3. The van der Waals surface area contributed by atoms with E-state index >= 15 is 0 Å². The highest BCUT2D eigenvalue weighted by molar-refractivity contribution is 6.32. The molecular formula is C29H26ClF3N2O3. The lowest BCUT2D eigenvalue weighted by Gasteiger charge is -2.49. The van der Waals surface area contributed by atoms with Crippen LogP contribution in [0.4, 0.5) is 18.9 Å². The number of benzene rings is 3. The van der Waals surface area contributed by atoms with Crippen LogP contribution in [0, 0.1) is 6.92 Å². The third-order valence-electron chi connectivity index (χ3n) is 7.36. The summed E-state index contributed by atoms with van der Waals surface area (Å²) in [5, 5.41) is 25.5. The second kappa shape index (κ2) is 8.78. The molecule has 4 aromatic rings. The molecule has 3 N–H and O–H groups in total. The van der Waals surface area contributed by atoms with Gasteiger partial charge in [-0.25, -0.2) is 0 Å². The molecule has 0 saturated heterocycles. The van der Waals surface area contributed by atoms with E-state index in [1.807, 2.05) is 19.1 Å². The number of aliphatic hydroxyl groups is 1. The number of fused-ring (bicyclic) bond motifs is 2. The first-order chi connectivity index (χ1) is 17.7. The summed E-state index contributed by atoms with van der Waals surface area (Å²) in [5.74, 6) is -0.309. The summed E-state index contributed by atoms with van der Waals surface area (Å²) in [4.78, 5) is 12.9. The van der Waals surface area contributed by atoms with Crippen LogP contribution in [0.1, 0.15) is 43.0 Å². The van der Waals surface area contributed by atoms with Crippen LogP contribution in [-0.2, 0) is 5.41 Å². The Balaban J connectivity index is 1.73. The molecule has 0 saturated carbocycles. The van der Waals surface area contributed by atoms with E-state index in [9.17, 15) is 28.2 Å². The number of aromatic nitrogens is 1. The molecule has 38 heavy (non-hydrogen) atoms. The number of nitrogens with zero attached hydrogens (tertiary/aromatic N) is 1. The van der Waals surface area contributed by atoms with Gasteiger partial charge in [0.1, 0.15) is 5.75 Å². The van der Waals surface area contributed by atoms with Gasteiger partial charge in [0.15, 0.2) is 5.60 Å². The van der Waals surface area contributed by atoms with E-state index in [4.69, 9.17) is 11.6 Å². The van der Waals surface area contributed by atoms with Crippen LogP contribution < -0.4 is 10.9 Å². The Morgan fingerprint density at radius 3 is 2.37 bits per heavy atom. The van der Waals surface area contributed by atoms with Gasteiger partial charge in [0.05, 0.1) is 16.6 Å². The summed E-state index contributed by atoms with van der Waals surface area (Å²) in [6, 6.07) is 16.2. The van der Waals surface area contributed by atoms with Crippen molar-refractivity contribution >= 4 is 28.2 Å². The highest BCUT2D eigenvalue weighted by Gasteiger charge is 2.64. The Morgan fingerprint density at radius 2 is 1.71 bits per heavy atom. The summed E-state index contributed by atoms with van der Waals surface area (Å²) in [5.41, 5.74) is -1.98. The maximum absolute atomic E-state index is 14.6. The number of halogens is 4. The lowest BCUT2D eigenvalue weighted by Crippen LogP contribution is -2.58. The molecule has 5 nitrogen and oxygen atoms in total. The van der Waals surface area contributed by atoms with Gasteiger partial charge in [0, 0.05) is 28.4 Å². The van der Waals surface area contributed by atoms with E-state index in [0.29, 0.717) is 16.6 Å². The summed E-state index contributed by atoms with van der Waals surface area (Å²) in [6.45, 7) is 4.99. The minimum Gasteiger partial charge on any atom is -0.506 e. The van der Waals surface area contributed by atoms with Crippen LogP contribution in [0.15, 0.2) is 71.5 Å². The van der Waals surface area contributed by atoms with Gasteiger partial charge in [0.2, 0.25) is 0 Å². The molecule has 0 radical (unpaired) electrons. The van der Waals surface area contributed by atoms with E-state index in [2.05, 4.69) is 5.32 Å². The third-order valence-corrected chi connectivity index (χ3v) is 7.66. The number of anilines is 1. The summed E-state index contributed by atoms with van der Waals surface area (Å²) >= 11 is 6.13. The van der Waals surface area contributed by atoms with Gasteiger partial charge in [-0.15, -0.1) is 0 Å². The van der Waals surface area contributed by atoms with Crippen LogP contribution >= 0.6 is 11.6 Å². The minimum atomic E-state index is -5.00. The Hall–Kier alpha value is -3.49. The molecule has 1 heterocycles. The van der Waals surface area contributed by atoms with E-state index in [-0.39, 0.29) is 33.1 Å². The molecule has 0 amide bonds. The Bertz CT molecular complexity index is 1610. The quantitative estimate of drug-likeness (QED) is 0.266. The lowest BCUT2D eigenvalue weighted by molar-refractivity contribution is -0.275. The molecule has 0 fully saturated rings. The Labute approximate surface area is 222 Å². The zero-order chi connectivity index (χ0) is 27.6. The average Bonchev–Trinajstić information content (AvgIpc) is 2.83. The molecule has 1 aliphatic carbocycles.